The smallest absolute Gasteiger partial charge is 0.338 e. The molecule has 0 bridgehead atoms. The van der Waals surface area contributed by atoms with Gasteiger partial charge in [0.05, 0.1) is 5.56 Å². The van der Waals surface area contributed by atoms with Crippen LogP contribution in [0.2, 0.25) is 0 Å². The molecule has 0 spiro atoms. The Hall–Kier alpha value is -2.00. The summed E-state index contributed by atoms with van der Waals surface area (Å²) in [6, 6.07) is 16.2. The van der Waals surface area contributed by atoms with Gasteiger partial charge in [-0.25, -0.2) is 4.79 Å². The number of esters is 1. The van der Waals surface area contributed by atoms with E-state index in [9.17, 15) is 4.79 Å². The van der Waals surface area contributed by atoms with E-state index in [0.717, 1.165) is 5.56 Å². The number of hydrogen-bond acceptors (Lipinski definition) is 3. The number of nitrogens with two attached hydrogens (primary N) is 1. The molecule has 2 aromatic rings. The number of carbonyl (C=O) groups is 1. The van der Waals surface area contributed by atoms with E-state index in [1.807, 2.05) is 30.3 Å². The number of halogens is 1. The van der Waals surface area contributed by atoms with Gasteiger partial charge in [-0.1, -0.05) is 30.3 Å². The monoisotopic (exact) mass is 263 g/mol. The summed E-state index contributed by atoms with van der Waals surface area (Å²) in [5.74, 6) is -0.339. The van der Waals surface area contributed by atoms with E-state index in [1.165, 1.54) is 0 Å². The molecule has 0 radical (unpaired) electrons. The van der Waals surface area contributed by atoms with E-state index in [4.69, 9.17) is 10.5 Å². The predicted octanol–water partition coefficient (Wildman–Crippen LogP) is 3.05. The van der Waals surface area contributed by atoms with E-state index in [2.05, 4.69) is 0 Å². The van der Waals surface area contributed by atoms with Gasteiger partial charge in [0.2, 0.25) is 0 Å². The molecule has 2 rings (SSSR count). The second-order valence-corrected chi connectivity index (χ2v) is 3.68. The van der Waals surface area contributed by atoms with Crippen molar-refractivity contribution in [2.45, 2.75) is 6.61 Å². The van der Waals surface area contributed by atoms with Crippen LogP contribution in [0.4, 0.5) is 5.69 Å². The highest BCUT2D eigenvalue weighted by Crippen LogP contribution is 2.08. The highest BCUT2D eigenvalue weighted by molar-refractivity contribution is 5.89. The van der Waals surface area contributed by atoms with Crippen molar-refractivity contribution in [3.8, 4) is 0 Å². The van der Waals surface area contributed by atoms with Crippen LogP contribution in [0.25, 0.3) is 0 Å². The summed E-state index contributed by atoms with van der Waals surface area (Å²) in [4.78, 5) is 11.7. The zero-order chi connectivity index (χ0) is 12.1. The Morgan fingerprint density at radius 2 is 1.61 bits per heavy atom. The fourth-order valence-corrected chi connectivity index (χ4v) is 1.43. The highest BCUT2D eigenvalue weighted by atomic mass is 35.5. The van der Waals surface area contributed by atoms with Crippen molar-refractivity contribution in [1.29, 1.82) is 0 Å². The average molecular weight is 264 g/mol. The van der Waals surface area contributed by atoms with Crippen molar-refractivity contribution in [2.24, 2.45) is 0 Å². The van der Waals surface area contributed by atoms with Crippen LogP contribution in [-0.2, 0) is 11.3 Å². The predicted molar refractivity (Wildman–Crippen MR) is 73.7 cm³/mol. The van der Waals surface area contributed by atoms with Crippen molar-refractivity contribution in [3.05, 3.63) is 65.7 Å². The molecule has 0 aliphatic heterocycles. The first kappa shape index (κ1) is 14.1. The molecule has 0 saturated heterocycles. The van der Waals surface area contributed by atoms with E-state index in [-0.39, 0.29) is 25.0 Å². The van der Waals surface area contributed by atoms with Crippen molar-refractivity contribution in [1.82, 2.24) is 0 Å². The van der Waals surface area contributed by atoms with Crippen LogP contribution in [0.5, 0.6) is 0 Å². The minimum atomic E-state index is -0.339. The number of anilines is 1. The number of rotatable bonds is 3. The summed E-state index contributed by atoms with van der Waals surface area (Å²) in [6.45, 7) is 0.282. The third-order valence-corrected chi connectivity index (χ3v) is 2.36. The number of benzene rings is 2. The second kappa shape index (κ2) is 6.67. The van der Waals surface area contributed by atoms with Gasteiger partial charge >= 0.3 is 5.97 Å². The van der Waals surface area contributed by atoms with Crippen LogP contribution in [0.15, 0.2) is 54.6 Å². The third kappa shape index (κ3) is 3.79. The molecule has 0 amide bonds. The first-order chi connectivity index (χ1) is 8.25. The van der Waals surface area contributed by atoms with Gasteiger partial charge in [-0.3, -0.25) is 0 Å². The minimum Gasteiger partial charge on any atom is -0.457 e. The molecule has 0 unspecified atom stereocenters. The summed E-state index contributed by atoms with van der Waals surface area (Å²) in [6.07, 6.45) is 0. The standard InChI is InChI=1S/C14H13NO2.ClH/c15-13-8-6-12(7-9-13)14(16)17-10-11-4-2-1-3-5-11;/h1-9H,10,15H2;1H. The van der Waals surface area contributed by atoms with Gasteiger partial charge in [0.1, 0.15) is 6.61 Å². The lowest BCUT2D eigenvalue weighted by Crippen LogP contribution is -2.05. The highest BCUT2D eigenvalue weighted by Gasteiger charge is 2.06. The van der Waals surface area contributed by atoms with Crippen LogP contribution >= 0.6 is 12.4 Å². The first-order valence-electron chi connectivity index (χ1n) is 5.32. The zero-order valence-corrected chi connectivity index (χ0v) is 10.5. The van der Waals surface area contributed by atoms with Crippen molar-refractivity contribution in [3.63, 3.8) is 0 Å². The van der Waals surface area contributed by atoms with Gasteiger partial charge in [0.15, 0.2) is 0 Å². The lowest BCUT2D eigenvalue weighted by Gasteiger charge is -2.04. The zero-order valence-electron chi connectivity index (χ0n) is 9.71. The van der Waals surface area contributed by atoms with Crippen LogP contribution < -0.4 is 5.73 Å². The SMILES string of the molecule is Cl.Nc1ccc(C(=O)OCc2ccccc2)cc1. The summed E-state index contributed by atoms with van der Waals surface area (Å²) in [5.41, 5.74) is 7.65. The molecule has 2 aromatic carbocycles. The van der Waals surface area contributed by atoms with Gasteiger partial charge < -0.3 is 10.5 Å². The molecular formula is C14H14ClNO2. The Morgan fingerprint density at radius 1 is 1.00 bits per heavy atom. The molecule has 18 heavy (non-hydrogen) atoms. The van der Waals surface area contributed by atoms with E-state index >= 15 is 0 Å². The van der Waals surface area contributed by atoms with Gasteiger partial charge in [-0.05, 0) is 29.8 Å². The molecule has 0 fully saturated rings. The fraction of sp³-hybridized carbons (Fsp3) is 0.0714. The maximum absolute atomic E-state index is 11.7. The molecule has 0 saturated carbocycles. The minimum absolute atomic E-state index is 0. The summed E-state index contributed by atoms with van der Waals surface area (Å²) in [7, 11) is 0. The normalized spacial score (nSPS) is 9.33. The molecular weight excluding hydrogens is 250 g/mol. The Labute approximate surface area is 112 Å². The molecule has 0 heterocycles. The molecule has 0 aromatic heterocycles. The Morgan fingerprint density at radius 3 is 2.22 bits per heavy atom. The van der Waals surface area contributed by atoms with Crippen molar-refractivity contribution in [2.75, 3.05) is 5.73 Å². The Bertz CT molecular complexity index is 497. The summed E-state index contributed by atoms with van der Waals surface area (Å²) in [5, 5.41) is 0. The summed E-state index contributed by atoms with van der Waals surface area (Å²) >= 11 is 0. The number of ether oxygens (including phenoxy) is 1. The van der Waals surface area contributed by atoms with E-state index < -0.39 is 0 Å². The third-order valence-electron chi connectivity index (χ3n) is 2.36. The Balaban J connectivity index is 0.00000162. The van der Waals surface area contributed by atoms with E-state index in [1.54, 1.807) is 24.3 Å². The molecule has 0 aliphatic rings. The van der Waals surface area contributed by atoms with Crippen LogP contribution in [0.1, 0.15) is 15.9 Å². The van der Waals surface area contributed by atoms with Crippen molar-refractivity contribution >= 4 is 24.1 Å². The van der Waals surface area contributed by atoms with Gasteiger partial charge in [0.25, 0.3) is 0 Å². The maximum Gasteiger partial charge on any atom is 0.338 e. The molecule has 3 nitrogen and oxygen atoms in total. The van der Waals surface area contributed by atoms with Crippen LogP contribution in [-0.4, -0.2) is 5.97 Å². The van der Waals surface area contributed by atoms with Crippen LogP contribution in [0.3, 0.4) is 0 Å². The topological polar surface area (TPSA) is 52.3 Å². The molecule has 94 valence electrons. The average Bonchev–Trinajstić information content (AvgIpc) is 2.38. The Kier molecular flexibility index (Phi) is 5.21. The number of nitrogen functional groups attached to an aromatic ring is 1. The van der Waals surface area contributed by atoms with Gasteiger partial charge in [-0.2, -0.15) is 0 Å². The van der Waals surface area contributed by atoms with Crippen molar-refractivity contribution < 1.29 is 9.53 Å². The lowest BCUT2D eigenvalue weighted by atomic mass is 10.2. The fourth-order valence-electron chi connectivity index (χ4n) is 1.43. The van der Waals surface area contributed by atoms with E-state index in [0.29, 0.717) is 11.3 Å². The molecule has 2 N–H and O–H groups in total. The number of carbonyl (C=O) groups excluding carboxylic acids is 1. The molecule has 0 atom stereocenters. The molecule has 4 heteroatoms. The lowest BCUT2D eigenvalue weighted by molar-refractivity contribution is 0.0473. The summed E-state index contributed by atoms with van der Waals surface area (Å²) < 4.78 is 5.17. The first-order valence-corrected chi connectivity index (χ1v) is 5.32. The molecule has 0 aliphatic carbocycles. The largest absolute Gasteiger partial charge is 0.457 e. The number of hydrogen-bond donors (Lipinski definition) is 1. The maximum atomic E-state index is 11.7. The second-order valence-electron chi connectivity index (χ2n) is 3.68. The van der Waals surface area contributed by atoms with Gasteiger partial charge in [0, 0.05) is 5.69 Å². The quantitative estimate of drug-likeness (QED) is 0.684. The van der Waals surface area contributed by atoms with Gasteiger partial charge in [-0.15, -0.1) is 12.4 Å². The van der Waals surface area contributed by atoms with Crippen LogP contribution in [0, 0.1) is 0 Å².